The maximum absolute atomic E-state index is 9.96. The summed E-state index contributed by atoms with van der Waals surface area (Å²) in [5.41, 5.74) is 0.814. The predicted octanol–water partition coefficient (Wildman–Crippen LogP) is 1.92. The van der Waals surface area contributed by atoms with E-state index in [1.54, 1.807) is 0 Å². The minimum atomic E-state index is -0.444. The van der Waals surface area contributed by atoms with Gasteiger partial charge in [-0.15, -0.1) is 0 Å². The van der Waals surface area contributed by atoms with Gasteiger partial charge in [0.15, 0.2) is 0 Å². The van der Waals surface area contributed by atoms with Crippen molar-refractivity contribution < 1.29 is 4.92 Å². The molecule has 0 aliphatic carbocycles. The molecule has 0 atom stereocenters. The highest BCUT2D eigenvalue weighted by Crippen LogP contribution is 2.05. The quantitative estimate of drug-likeness (QED) is 0.343. The molecule has 0 bridgehead atoms. The first kappa shape index (κ1) is 9.99. The molecule has 0 heterocycles. The van der Waals surface area contributed by atoms with Crippen LogP contribution >= 0.6 is 22.6 Å². The standard InChI is InChI=1S/C9H6INO2/c10-9-5-1-3-8(7-9)4-2-6-11(12)13/h1,3,5,7H,6H2. The lowest BCUT2D eigenvalue weighted by Gasteiger charge is -1.89. The number of benzene rings is 1. The van der Waals surface area contributed by atoms with E-state index in [0.29, 0.717) is 0 Å². The molecule has 13 heavy (non-hydrogen) atoms. The molecule has 4 heteroatoms. The van der Waals surface area contributed by atoms with E-state index in [0.717, 1.165) is 9.13 Å². The Morgan fingerprint density at radius 1 is 1.54 bits per heavy atom. The van der Waals surface area contributed by atoms with Crippen LogP contribution in [0.4, 0.5) is 0 Å². The summed E-state index contributed by atoms with van der Waals surface area (Å²) >= 11 is 2.17. The molecule has 0 saturated heterocycles. The topological polar surface area (TPSA) is 43.1 Å². The van der Waals surface area contributed by atoms with Crippen LogP contribution in [-0.2, 0) is 0 Å². The van der Waals surface area contributed by atoms with Gasteiger partial charge in [0.05, 0.1) is 0 Å². The fourth-order valence-electron chi connectivity index (χ4n) is 0.772. The molecule has 1 rings (SSSR count). The van der Waals surface area contributed by atoms with Crippen molar-refractivity contribution >= 4 is 22.6 Å². The van der Waals surface area contributed by atoms with Crippen LogP contribution in [0.25, 0.3) is 0 Å². The van der Waals surface area contributed by atoms with Crippen LogP contribution in [0.1, 0.15) is 5.56 Å². The minimum Gasteiger partial charge on any atom is -0.264 e. The Balaban J connectivity index is 2.72. The summed E-state index contributed by atoms with van der Waals surface area (Å²) < 4.78 is 1.07. The average molecular weight is 287 g/mol. The van der Waals surface area contributed by atoms with Gasteiger partial charge in [0, 0.05) is 14.1 Å². The van der Waals surface area contributed by atoms with E-state index in [2.05, 4.69) is 34.4 Å². The summed E-state index contributed by atoms with van der Waals surface area (Å²) in [6, 6.07) is 7.53. The first-order valence-electron chi connectivity index (χ1n) is 3.55. The first-order valence-corrected chi connectivity index (χ1v) is 4.62. The molecule has 1 aromatic rings. The molecule has 0 radical (unpaired) electrons. The van der Waals surface area contributed by atoms with Gasteiger partial charge < -0.3 is 0 Å². The van der Waals surface area contributed by atoms with Crippen LogP contribution in [-0.4, -0.2) is 11.5 Å². The van der Waals surface area contributed by atoms with Crippen molar-refractivity contribution in [2.75, 3.05) is 6.54 Å². The first-order chi connectivity index (χ1) is 6.18. The number of rotatable bonds is 1. The Hall–Kier alpha value is -1.09. The van der Waals surface area contributed by atoms with E-state index in [1.807, 2.05) is 24.3 Å². The van der Waals surface area contributed by atoms with Gasteiger partial charge in [-0.05, 0) is 46.7 Å². The Kier molecular flexibility index (Phi) is 3.71. The molecule has 0 aliphatic rings. The van der Waals surface area contributed by atoms with Crippen LogP contribution in [0.3, 0.4) is 0 Å². The predicted molar refractivity (Wildman–Crippen MR) is 57.9 cm³/mol. The normalized spacial score (nSPS) is 8.69. The molecule has 0 saturated carbocycles. The van der Waals surface area contributed by atoms with Crippen molar-refractivity contribution in [3.8, 4) is 11.8 Å². The number of halogens is 1. The summed E-state index contributed by atoms with van der Waals surface area (Å²) in [4.78, 5) is 9.51. The highest BCUT2D eigenvalue weighted by atomic mass is 127. The second kappa shape index (κ2) is 4.82. The average Bonchev–Trinajstić information content (AvgIpc) is 2.03. The maximum atomic E-state index is 9.96. The molecular formula is C9H6INO2. The summed E-state index contributed by atoms with van der Waals surface area (Å²) in [6.07, 6.45) is 0. The van der Waals surface area contributed by atoms with Crippen molar-refractivity contribution in [2.24, 2.45) is 0 Å². The Bertz CT molecular complexity index is 379. The zero-order valence-electron chi connectivity index (χ0n) is 6.66. The molecule has 0 spiro atoms. The van der Waals surface area contributed by atoms with Crippen molar-refractivity contribution in [1.82, 2.24) is 0 Å². The van der Waals surface area contributed by atoms with Crippen LogP contribution in [0.15, 0.2) is 24.3 Å². The summed E-state index contributed by atoms with van der Waals surface area (Å²) in [7, 11) is 0. The second-order valence-electron chi connectivity index (χ2n) is 2.30. The van der Waals surface area contributed by atoms with Gasteiger partial charge in [0.1, 0.15) is 0 Å². The van der Waals surface area contributed by atoms with Gasteiger partial charge >= 0.3 is 0 Å². The molecule has 0 fully saturated rings. The molecule has 0 unspecified atom stereocenters. The molecule has 3 nitrogen and oxygen atoms in total. The monoisotopic (exact) mass is 287 g/mol. The lowest BCUT2D eigenvalue weighted by molar-refractivity contribution is -0.466. The van der Waals surface area contributed by atoms with Crippen LogP contribution < -0.4 is 0 Å². The van der Waals surface area contributed by atoms with E-state index >= 15 is 0 Å². The summed E-state index contributed by atoms with van der Waals surface area (Å²) in [5, 5.41) is 9.96. The largest absolute Gasteiger partial charge is 0.264 e. The van der Waals surface area contributed by atoms with Gasteiger partial charge in [-0.2, -0.15) is 0 Å². The Labute approximate surface area is 89.4 Å². The van der Waals surface area contributed by atoms with Gasteiger partial charge in [0.25, 0.3) is 6.54 Å². The smallest absolute Gasteiger partial charge is 0.263 e. The van der Waals surface area contributed by atoms with Gasteiger partial charge in [-0.3, -0.25) is 10.1 Å². The number of hydrogen-bond donors (Lipinski definition) is 0. The van der Waals surface area contributed by atoms with Crippen LogP contribution in [0.2, 0.25) is 0 Å². The van der Waals surface area contributed by atoms with Crippen molar-refractivity contribution in [3.63, 3.8) is 0 Å². The molecule has 0 aromatic heterocycles. The summed E-state index contributed by atoms with van der Waals surface area (Å²) in [6.45, 7) is -0.300. The fourth-order valence-corrected chi connectivity index (χ4v) is 1.32. The summed E-state index contributed by atoms with van der Waals surface area (Å²) in [5.74, 6) is 5.20. The Morgan fingerprint density at radius 3 is 2.92 bits per heavy atom. The number of nitro groups is 1. The van der Waals surface area contributed by atoms with Crippen molar-refractivity contribution in [3.05, 3.63) is 43.5 Å². The SMILES string of the molecule is O=[N+]([O-])CC#Cc1cccc(I)c1. The van der Waals surface area contributed by atoms with E-state index < -0.39 is 4.92 Å². The third-order valence-electron chi connectivity index (χ3n) is 1.27. The van der Waals surface area contributed by atoms with E-state index in [-0.39, 0.29) is 6.54 Å². The van der Waals surface area contributed by atoms with Gasteiger partial charge in [0.2, 0.25) is 0 Å². The fraction of sp³-hybridized carbons (Fsp3) is 0.111. The van der Waals surface area contributed by atoms with Crippen molar-refractivity contribution in [2.45, 2.75) is 0 Å². The number of nitrogens with zero attached hydrogens (tertiary/aromatic N) is 1. The zero-order valence-corrected chi connectivity index (χ0v) is 8.82. The van der Waals surface area contributed by atoms with Crippen LogP contribution in [0.5, 0.6) is 0 Å². The van der Waals surface area contributed by atoms with Crippen LogP contribution in [0, 0.1) is 25.5 Å². The lowest BCUT2D eigenvalue weighted by Crippen LogP contribution is -1.96. The maximum Gasteiger partial charge on any atom is 0.263 e. The zero-order chi connectivity index (χ0) is 9.68. The molecule has 0 amide bonds. The Morgan fingerprint density at radius 2 is 2.31 bits per heavy atom. The lowest BCUT2D eigenvalue weighted by atomic mass is 10.2. The minimum absolute atomic E-state index is 0.300. The molecule has 0 N–H and O–H groups in total. The van der Waals surface area contributed by atoms with Gasteiger partial charge in [-0.1, -0.05) is 12.0 Å². The van der Waals surface area contributed by atoms with E-state index in [9.17, 15) is 10.1 Å². The molecule has 1 aromatic carbocycles. The number of hydrogen-bond acceptors (Lipinski definition) is 2. The third kappa shape index (κ3) is 3.90. The molecule has 66 valence electrons. The molecule has 0 aliphatic heterocycles. The van der Waals surface area contributed by atoms with Gasteiger partial charge in [-0.25, -0.2) is 0 Å². The highest BCUT2D eigenvalue weighted by molar-refractivity contribution is 14.1. The van der Waals surface area contributed by atoms with Crippen molar-refractivity contribution in [1.29, 1.82) is 0 Å². The second-order valence-corrected chi connectivity index (χ2v) is 3.55. The van der Waals surface area contributed by atoms with E-state index in [1.165, 1.54) is 0 Å². The molecular weight excluding hydrogens is 281 g/mol. The van der Waals surface area contributed by atoms with E-state index in [4.69, 9.17) is 0 Å². The third-order valence-corrected chi connectivity index (χ3v) is 1.94. The highest BCUT2D eigenvalue weighted by Gasteiger charge is 1.89.